The highest BCUT2D eigenvalue weighted by Crippen LogP contribution is 2.20. The van der Waals surface area contributed by atoms with Crippen LogP contribution in [0.5, 0.6) is 0 Å². The molecule has 0 radical (unpaired) electrons. The molecule has 0 spiro atoms. The highest BCUT2D eigenvalue weighted by molar-refractivity contribution is 5.69. The second kappa shape index (κ2) is 8.25. The molecule has 4 nitrogen and oxygen atoms in total. The van der Waals surface area contributed by atoms with Crippen molar-refractivity contribution in [2.45, 2.75) is 46.8 Å². The second-order valence-electron chi connectivity index (χ2n) is 4.68. The summed E-state index contributed by atoms with van der Waals surface area (Å²) in [5.74, 6) is -0.964. The molecule has 1 rings (SSSR count). The Kier molecular flexibility index (Phi) is 6.66. The molecule has 21 heavy (non-hydrogen) atoms. The van der Waals surface area contributed by atoms with Gasteiger partial charge in [0.15, 0.2) is 0 Å². The molecule has 0 N–H and O–H groups in total. The lowest BCUT2D eigenvalue weighted by atomic mass is 10.0. The van der Waals surface area contributed by atoms with Crippen LogP contribution in [-0.4, -0.2) is 18.2 Å². The van der Waals surface area contributed by atoms with Crippen LogP contribution in [-0.2, 0) is 25.5 Å². The van der Waals surface area contributed by atoms with Crippen molar-refractivity contribution in [2.24, 2.45) is 0 Å². The molecule has 0 amide bonds. The summed E-state index contributed by atoms with van der Waals surface area (Å²) in [6, 6.07) is 7.97. The van der Waals surface area contributed by atoms with Crippen LogP contribution < -0.4 is 0 Å². The molecule has 0 heterocycles. The molecule has 0 saturated carbocycles. The molecule has 0 unspecified atom stereocenters. The third-order valence-corrected chi connectivity index (χ3v) is 3.03. The van der Waals surface area contributed by atoms with E-state index in [-0.39, 0.29) is 0 Å². The van der Waals surface area contributed by atoms with Crippen molar-refractivity contribution < 1.29 is 19.1 Å². The zero-order chi connectivity index (χ0) is 15.8. The van der Waals surface area contributed by atoms with E-state index in [0.29, 0.717) is 6.42 Å². The van der Waals surface area contributed by atoms with Gasteiger partial charge in [0.05, 0.1) is 0 Å². The van der Waals surface area contributed by atoms with E-state index >= 15 is 0 Å². The molecule has 114 valence electrons. The Morgan fingerprint density at radius 1 is 1.10 bits per heavy atom. The number of rotatable bonds is 6. The first-order valence-corrected chi connectivity index (χ1v) is 7.10. The van der Waals surface area contributed by atoms with Gasteiger partial charge >= 0.3 is 11.9 Å². The fourth-order valence-corrected chi connectivity index (χ4v) is 2.01. The van der Waals surface area contributed by atoms with Crippen molar-refractivity contribution in [1.29, 1.82) is 0 Å². The molecule has 0 aliphatic carbocycles. The molecule has 1 aromatic carbocycles. The van der Waals surface area contributed by atoms with Crippen LogP contribution >= 0.6 is 0 Å². The summed E-state index contributed by atoms with van der Waals surface area (Å²) in [5, 5.41) is 0. The summed E-state index contributed by atoms with van der Waals surface area (Å²) in [6.07, 6.45) is 2.48. The Hall–Kier alpha value is -2.10. The fourth-order valence-electron chi connectivity index (χ4n) is 2.01. The molecule has 0 aliphatic rings. The predicted molar refractivity (Wildman–Crippen MR) is 81.4 cm³/mol. The van der Waals surface area contributed by atoms with Crippen molar-refractivity contribution in [1.82, 2.24) is 0 Å². The van der Waals surface area contributed by atoms with Gasteiger partial charge in [0.1, 0.15) is 0 Å². The monoisotopic (exact) mass is 290 g/mol. The van der Waals surface area contributed by atoms with E-state index in [2.05, 4.69) is 6.92 Å². The number of carbonyl (C=O) groups excluding carboxylic acids is 2. The van der Waals surface area contributed by atoms with Crippen LogP contribution in [0.4, 0.5) is 0 Å². The molecule has 0 aliphatic heterocycles. The van der Waals surface area contributed by atoms with Gasteiger partial charge in [-0.15, -0.1) is 0 Å². The van der Waals surface area contributed by atoms with Crippen LogP contribution in [0.3, 0.4) is 0 Å². The maximum absolute atomic E-state index is 11.2. The topological polar surface area (TPSA) is 52.6 Å². The van der Waals surface area contributed by atoms with Crippen molar-refractivity contribution in [2.75, 3.05) is 0 Å². The molecule has 0 aromatic heterocycles. The summed E-state index contributed by atoms with van der Waals surface area (Å²) >= 11 is 0. The number of hydrogen-bond acceptors (Lipinski definition) is 4. The zero-order valence-electron chi connectivity index (χ0n) is 13.0. The Balaban J connectivity index is 3.13. The lowest BCUT2D eigenvalue weighted by Gasteiger charge is -2.19. The van der Waals surface area contributed by atoms with E-state index in [1.54, 1.807) is 0 Å². The highest BCUT2D eigenvalue weighted by atomic mass is 16.7. The number of ether oxygens (including phenoxy) is 2. The van der Waals surface area contributed by atoms with Gasteiger partial charge < -0.3 is 9.47 Å². The van der Waals surface area contributed by atoms with E-state index in [0.717, 1.165) is 17.6 Å². The third-order valence-electron chi connectivity index (χ3n) is 3.03. The van der Waals surface area contributed by atoms with Crippen molar-refractivity contribution >= 4 is 18.0 Å². The summed E-state index contributed by atoms with van der Waals surface area (Å²) in [4.78, 5) is 22.4. The lowest BCUT2D eigenvalue weighted by Crippen LogP contribution is -2.24. The first-order valence-electron chi connectivity index (χ1n) is 7.10. The summed E-state index contributed by atoms with van der Waals surface area (Å²) in [7, 11) is 0. The summed E-state index contributed by atoms with van der Waals surface area (Å²) < 4.78 is 10.2. The van der Waals surface area contributed by atoms with E-state index in [9.17, 15) is 9.59 Å². The van der Waals surface area contributed by atoms with E-state index in [1.807, 2.05) is 37.3 Å². The summed E-state index contributed by atoms with van der Waals surface area (Å²) in [6.45, 7) is 6.60. The highest BCUT2D eigenvalue weighted by Gasteiger charge is 2.19. The van der Waals surface area contributed by atoms with Gasteiger partial charge in [0.25, 0.3) is 6.29 Å². The standard InChI is InChI=1S/C17H22O4/c1-5-14-9-7-8-10-16(14)11-15(6-2)17(20-12(3)18)21-13(4)19/h7-11,17H,5-6H2,1-4H3/b15-11+. The maximum Gasteiger partial charge on any atom is 0.305 e. The quantitative estimate of drug-likeness (QED) is 0.594. The molecular formula is C17H22O4. The van der Waals surface area contributed by atoms with Crippen molar-refractivity contribution in [3.8, 4) is 0 Å². The van der Waals surface area contributed by atoms with Gasteiger partial charge in [-0.3, -0.25) is 9.59 Å². The van der Waals surface area contributed by atoms with Gasteiger partial charge in [-0.2, -0.15) is 0 Å². The van der Waals surface area contributed by atoms with E-state index in [1.165, 1.54) is 19.4 Å². The minimum Gasteiger partial charge on any atom is -0.421 e. The second-order valence-corrected chi connectivity index (χ2v) is 4.68. The predicted octanol–water partition coefficient (Wildman–Crippen LogP) is 3.49. The number of esters is 2. The third kappa shape index (κ3) is 5.42. The van der Waals surface area contributed by atoms with Crippen molar-refractivity contribution in [3.63, 3.8) is 0 Å². The average molecular weight is 290 g/mol. The van der Waals surface area contributed by atoms with Crippen LogP contribution in [0.15, 0.2) is 29.8 Å². The molecule has 0 fully saturated rings. The average Bonchev–Trinajstić information content (AvgIpc) is 2.43. The van der Waals surface area contributed by atoms with Crippen LogP contribution in [0.25, 0.3) is 6.08 Å². The number of carbonyl (C=O) groups is 2. The Morgan fingerprint density at radius 3 is 2.14 bits per heavy atom. The number of benzene rings is 1. The maximum atomic E-state index is 11.2. The van der Waals surface area contributed by atoms with Gasteiger partial charge in [-0.05, 0) is 30.0 Å². The molecule has 1 aromatic rings. The molecule has 0 atom stereocenters. The minimum absolute atomic E-state index is 0.482. The smallest absolute Gasteiger partial charge is 0.305 e. The van der Waals surface area contributed by atoms with Crippen LogP contribution in [0.2, 0.25) is 0 Å². The van der Waals surface area contributed by atoms with Crippen LogP contribution in [0.1, 0.15) is 45.2 Å². The largest absolute Gasteiger partial charge is 0.421 e. The van der Waals surface area contributed by atoms with Crippen molar-refractivity contribution in [3.05, 3.63) is 41.0 Å². The number of aryl methyl sites for hydroxylation is 1. The van der Waals surface area contributed by atoms with Gasteiger partial charge in [-0.25, -0.2) is 0 Å². The zero-order valence-corrected chi connectivity index (χ0v) is 13.0. The van der Waals surface area contributed by atoms with E-state index < -0.39 is 18.2 Å². The normalized spacial score (nSPS) is 11.4. The molecule has 0 bridgehead atoms. The molecule has 4 heteroatoms. The SMILES string of the molecule is CC/C(=C\c1ccccc1CC)C(OC(C)=O)OC(C)=O. The first kappa shape index (κ1) is 17.0. The van der Waals surface area contributed by atoms with Crippen LogP contribution in [0, 0.1) is 0 Å². The van der Waals surface area contributed by atoms with Gasteiger partial charge in [0, 0.05) is 19.4 Å². The first-order chi connectivity index (χ1) is 9.97. The lowest BCUT2D eigenvalue weighted by molar-refractivity contribution is -0.178. The van der Waals surface area contributed by atoms with Gasteiger partial charge in [-0.1, -0.05) is 38.1 Å². The minimum atomic E-state index is -0.963. The fraction of sp³-hybridized carbons (Fsp3) is 0.412. The summed E-state index contributed by atoms with van der Waals surface area (Å²) in [5.41, 5.74) is 2.98. The van der Waals surface area contributed by atoms with E-state index in [4.69, 9.17) is 9.47 Å². The number of hydrogen-bond donors (Lipinski definition) is 0. The Morgan fingerprint density at radius 2 is 1.67 bits per heavy atom. The van der Waals surface area contributed by atoms with Gasteiger partial charge in [0.2, 0.25) is 0 Å². The molecule has 0 saturated heterocycles. The molecular weight excluding hydrogens is 268 g/mol. The Labute approximate surface area is 125 Å². The Bertz CT molecular complexity index is 515.